The summed E-state index contributed by atoms with van der Waals surface area (Å²) in [4.78, 5) is 17.0. The van der Waals surface area contributed by atoms with Crippen LogP contribution in [0.5, 0.6) is 0 Å². The number of carbonyl (C=O) groups excluding carboxylic acids is 1. The standard InChI is InChI=1S/C18H27N3O2S/c1-14(2)23-16(22)9-12-20-17(19-3)21-13-18(10-11-18)24-15-7-5-4-6-8-15/h4-8,14H,9-13H2,1-3H3,(H2,19,20,21). The number of nitrogens with one attached hydrogen (secondary N) is 2. The number of guanidine groups is 1. The largest absolute Gasteiger partial charge is 0.463 e. The van der Waals surface area contributed by atoms with Crippen LogP contribution in [0.25, 0.3) is 0 Å². The van der Waals surface area contributed by atoms with Crippen molar-refractivity contribution in [2.75, 3.05) is 20.1 Å². The van der Waals surface area contributed by atoms with Crippen LogP contribution in [0.15, 0.2) is 40.2 Å². The zero-order valence-corrected chi connectivity index (χ0v) is 15.5. The lowest BCUT2D eigenvalue weighted by molar-refractivity contribution is -0.147. The first-order valence-electron chi connectivity index (χ1n) is 8.41. The normalized spacial score (nSPS) is 15.9. The van der Waals surface area contributed by atoms with Crippen LogP contribution in [0.2, 0.25) is 0 Å². The van der Waals surface area contributed by atoms with Crippen molar-refractivity contribution in [1.82, 2.24) is 10.6 Å². The van der Waals surface area contributed by atoms with Crippen LogP contribution < -0.4 is 10.6 Å². The highest BCUT2D eigenvalue weighted by molar-refractivity contribution is 8.01. The molecule has 0 bridgehead atoms. The second-order valence-corrected chi connectivity index (χ2v) is 7.78. The second kappa shape index (κ2) is 8.97. The highest BCUT2D eigenvalue weighted by Gasteiger charge is 2.43. The zero-order valence-electron chi connectivity index (χ0n) is 14.7. The minimum Gasteiger partial charge on any atom is -0.463 e. The van der Waals surface area contributed by atoms with E-state index in [2.05, 4.69) is 39.9 Å². The Kier molecular flexibility index (Phi) is 6.97. The van der Waals surface area contributed by atoms with Crippen LogP contribution in [0, 0.1) is 0 Å². The quantitative estimate of drug-likeness (QED) is 0.429. The molecular formula is C18H27N3O2S. The van der Waals surface area contributed by atoms with E-state index in [-0.39, 0.29) is 16.8 Å². The Morgan fingerprint density at radius 3 is 2.58 bits per heavy atom. The molecule has 0 radical (unpaired) electrons. The summed E-state index contributed by atoms with van der Waals surface area (Å²) in [6, 6.07) is 10.5. The summed E-state index contributed by atoms with van der Waals surface area (Å²) in [7, 11) is 1.74. The van der Waals surface area contributed by atoms with Crippen molar-refractivity contribution in [2.24, 2.45) is 4.99 Å². The molecule has 5 nitrogen and oxygen atoms in total. The number of esters is 1. The van der Waals surface area contributed by atoms with Gasteiger partial charge in [-0.1, -0.05) is 18.2 Å². The third kappa shape index (κ3) is 6.43. The van der Waals surface area contributed by atoms with Crippen molar-refractivity contribution in [1.29, 1.82) is 0 Å². The summed E-state index contributed by atoms with van der Waals surface area (Å²) in [5, 5.41) is 6.54. The molecule has 0 aromatic heterocycles. The van der Waals surface area contributed by atoms with Gasteiger partial charge in [0.25, 0.3) is 0 Å². The first kappa shape index (κ1) is 18.6. The molecule has 2 rings (SSSR count). The Labute approximate surface area is 148 Å². The SMILES string of the molecule is CN=C(NCCC(=O)OC(C)C)NCC1(Sc2ccccc2)CC1. The van der Waals surface area contributed by atoms with Crippen LogP contribution in [0.1, 0.15) is 33.1 Å². The van der Waals surface area contributed by atoms with Gasteiger partial charge in [0, 0.05) is 29.8 Å². The van der Waals surface area contributed by atoms with Crippen molar-refractivity contribution in [3.05, 3.63) is 30.3 Å². The number of benzene rings is 1. The van der Waals surface area contributed by atoms with E-state index >= 15 is 0 Å². The molecular weight excluding hydrogens is 322 g/mol. The van der Waals surface area contributed by atoms with E-state index in [1.165, 1.54) is 17.7 Å². The molecule has 0 unspecified atom stereocenters. The lowest BCUT2D eigenvalue weighted by Gasteiger charge is -2.18. The molecule has 1 aliphatic carbocycles. The number of hydrogen-bond donors (Lipinski definition) is 2. The molecule has 0 amide bonds. The summed E-state index contributed by atoms with van der Waals surface area (Å²) in [5.74, 6) is 0.540. The van der Waals surface area contributed by atoms with Crippen LogP contribution in [-0.4, -0.2) is 42.9 Å². The first-order valence-corrected chi connectivity index (χ1v) is 9.23. The van der Waals surface area contributed by atoms with Crippen LogP contribution in [0.4, 0.5) is 0 Å². The fourth-order valence-electron chi connectivity index (χ4n) is 2.26. The van der Waals surface area contributed by atoms with Crippen LogP contribution in [0.3, 0.4) is 0 Å². The Morgan fingerprint density at radius 2 is 2.00 bits per heavy atom. The average molecular weight is 350 g/mol. The van der Waals surface area contributed by atoms with Gasteiger partial charge in [0.15, 0.2) is 5.96 Å². The third-order valence-electron chi connectivity index (χ3n) is 3.68. The number of nitrogens with zero attached hydrogens (tertiary/aromatic N) is 1. The van der Waals surface area contributed by atoms with E-state index in [0.717, 1.165) is 12.5 Å². The smallest absolute Gasteiger partial charge is 0.307 e. The molecule has 6 heteroatoms. The molecule has 0 heterocycles. The Balaban J connectivity index is 1.71. The zero-order chi connectivity index (χ0) is 17.4. The minimum absolute atomic E-state index is 0.0697. The Morgan fingerprint density at radius 1 is 1.29 bits per heavy atom. The van der Waals surface area contributed by atoms with E-state index in [9.17, 15) is 4.79 Å². The van der Waals surface area contributed by atoms with Crippen molar-refractivity contribution in [3.63, 3.8) is 0 Å². The predicted molar refractivity (Wildman–Crippen MR) is 99.5 cm³/mol. The van der Waals surface area contributed by atoms with Gasteiger partial charge in [0.1, 0.15) is 0 Å². The molecule has 1 aromatic carbocycles. The van der Waals surface area contributed by atoms with Crippen molar-refractivity contribution in [3.8, 4) is 0 Å². The van der Waals surface area contributed by atoms with E-state index < -0.39 is 0 Å². The molecule has 0 aliphatic heterocycles. The number of carbonyl (C=O) groups is 1. The predicted octanol–water partition coefficient (Wildman–Crippen LogP) is 2.82. The van der Waals surface area contributed by atoms with Crippen LogP contribution in [-0.2, 0) is 9.53 Å². The van der Waals surface area contributed by atoms with Crippen molar-refractivity contribution >= 4 is 23.7 Å². The van der Waals surface area contributed by atoms with E-state index in [1.807, 2.05) is 31.7 Å². The molecule has 0 spiro atoms. The fourth-order valence-corrected chi connectivity index (χ4v) is 3.51. The van der Waals surface area contributed by atoms with Gasteiger partial charge in [-0.15, -0.1) is 11.8 Å². The average Bonchev–Trinajstić information content (AvgIpc) is 3.30. The summed E-state index contributed by atoms with van der Waals surface area (Å²) in [6.07, 6.45) is 2.68. The monoisotopic (exact) mass is 349 g/mol. The Bertz CT molecular complexity index is 557. The van der Waals surface area contributed by atoms with Crippen molar-refractivity contribution < 1.29 is 9.53 Å². The fraction of sp³-hybridized carbons (Fsp3) is 0.556. The minimum atomic E-state index is -0.189. The topological polar surface area (TPSA) is 62.7 Å². The van der Waals surface area contributed by atoms with E-state index in [4.69, 9.17) is 4.74 Å². The van der Waals surface area contributed by atoms with Gasteiger partial charge in [-0.2, -0.15) is 0 Å². The molecule has 0 atom stereocenters. The van der Waals surface area contributed by atoms with Gasteiger partial charge < -0.3 is 15.4 Å². The number of ether oxygens (including phenoxy) is 1. The molecule has 132 valence electrons. The first-order chi connectivity index (χ1) is 11.5. The summed E-state index contributed by atoms with van der Waals surface area (Å²) >= 11 is 1.93. The maximum atomic E-state index is 11.5. The molecule has 2 N–H and O–H groups in total. The summed E-state index contributed by atoms with van der Waals surface area (Å²) in [5.41, 5.74) is 0. The van der Waals surface area contributed by atoms with E-state index in [1.54, 1.807) is 7.05 Å². The highest BCUT2D eigenvalue weighted by atomic mass is 32.2. The lowest BCUT2D eigenvalue weighted by atomic mass is 10.4. The van der Waals surface area contributed by atoms with Gasteiger partial charge in [0.05, 0.1) is 12.5 Å². The van der Waals surface area contributed by atoms with Gasteiger partial charge in [-0.3, -0.25) is 9.79 Å². The van der Waals surface area contributed by atoms with Crippen molar-refractivity contribution in [2.45, 2.75) is 48.9 Å². The summed E-state index contributed by atoms with van der Waals surface area (Å²) < 4.78 is 5.37. The van der Waals surface area contributed by atoms with Gasteiger partial charge in [-0.25, -0.2) is 0 Å². The van der Waals surface area contributed by atoms with Gasteiger partial charge >= 0.3 is 5.97 Å². The molecule has 1 fully saturated rings. The molecule has 24 heavy (non-hydrogen) atoms. The molecule has 1 saturated carbocycles. The number of rotatable bonds is 8. The number of thioether (sulfide) groups is 1. The van der Waals surface area contributed by atoms with Gasteiger partial charge in [0.2, 0.25) is 0 Å². The second-order valence-electron chi connectivity index (χ2n) is 6.24. The lowest BCUT2D eigenvalue weighted by Crippen LogP contribution is -2.42. The molecule has 1 aliphatic rings. The maximum Gasteiger partial charge on any atom is 0.307 e. The highest BCUT2D eigenvalue weighted by Crippen LogP contribution is 2.51. The Hall–Kier alpha value is -1.69. The van der Waals surface area contributed by atoms with Gasteiger partial charge in [-0.05, 0) is 38.8 Å². The maximum absolute atomic E-state index is 11.5. The van der Waals surface area contributed by atoms with E-state index in [0.29, 0.717) is 13.0 Å². The molecule has 1 aromatic rings. The third-order valence-corrected chi connectivity index (χ3v) is 5.17. The number of hydrogen-bond acceptors (Lipinski definition) is 4. The number of aliphatic imine (C=N–C) groups is 1. The van der Waals surface area contributed by atoms with Crippen LogP contribution >= 0.6 is 11.8 Å². The summed E-state index contributed by atoms with van der Waals surface area (Å²) in [6.45, 7) is 5.09. The molecule has 0 saturated heterocycles.